The van der Waals surface area contributed by atoms with Crippen molar-refractivity contribution in [3.8, 4) is 5.88 Å². The molecule has 5 nitrogen and oxygen atoms in total. The molecule has 19 heavy (non-hydrogen) atoms. The standard InChI is InChI=1S/C14H20N4O/c1-10-12(14(19-4)18(3)17-10)9-16-11(2)13-7-5-6-8-15-13/h5-8,11,16H,9H2,1-4H3/t11-/m1/s1. The Morgan fingerprint density at radius 3 is 2.84 bits per heavy atom. The second-order valence-electron chi connectivity index (χ2n) is 4.55. The van der Waals surface area contributed by atoms with Gasteiger partial charge >= 0.3 is 0 Å². The van der Waals surface area contributed by atoms with E-state index in [4.69, 9.17) is 4.74 Å². The monoisotopic (exact) mass is 260 g/mol. The number of rotatable bonds is 5. The first kappa shape index (κ1) is 13.5. The summed E-state index contributed by atoms with van der Waals surface area (Å²) < 4.78 is 7.14. The van der Waals surface area contributed by atoms with Crippen LogP contribution in [0.25, 0.3) is 0 Å². The van der Waals surface area contributed by atoms with Gasteiger partial charge in [-0.3, -0.25) is 4.98 Å². The highest BCUT2D eigenvalue weighted by atomic mass is 16.5. The molecule has 2 aromatic heterocycles. The fourth-order valence-corrected chi connectivity index (χ4v) is 2.13. The number of aryl methyl sites for hydroxylation is 2. The van der Waals surface area contributed by atoms with E-state index in [-0.39, 0.29) is 6.04 Å². The van der Waals surface area contributed by atoms with Gasteiger partial charge in [0.05, 0.1) is 24.1 Å². The van der Waals surface area contributed by atoms with Crippen molar-refractivity contribution in [1.29, 1.82) is 0 Å². The summed E-state index contributed by atoms with van der Waals surface area (Å²) in [6.07, 6.45) is 1.81. The normalized spacial score (nSPS) is 12.4. The molecule has 0 amide bonds. The van der Waals surface area contributed by atoms with Crippen molar-refractivity contribution >= 4 is 0 Å². The van der Waals surface area contributed by atoms with Crippen LogP contribution >= 0.6 is 0 Å². The van der Waals surface area contributed by atoms with Crippen molar-refractivity contribution in [1.82, 2.24) is 20.1 Å². The highest BCUT2D eigenvalue weighted by molar-refractivity contribution is 5.30. The number of hydrogen-bond acceptors (Lipinski definition) is 4. The summed E-state index contributed by atoms with van der Waals surface area (Å²) >= 11 is 0. The van der Waals surface area contributed by atoms with Crippen molar-refractivity contribution in [2.24, 2.45) is 7.05 Å². The maximum atomic E-state index is 5.38. The Balaban J connectivity index is 2.07. The third-order valence-electron chi connectivity index (χ3n) is 3.20. The molecular weight excluding hydrogens is 240 g/mol. The topological polar surface area (TPSA) is 52.0 Å². The van der Waals surface area contributed by atoms with Crippen LogP contribution in [0, 0.1) is 6.92 Å². The largest absolute Gasteiger partial charge is 0.481 e. The summed E-state index contributed by atoms with van der Waals surface area (Å²) in [5.74, 6) is 0.804. The van der Waals surface area contributed by atoms with Crippen LogP contribution in [0.2, 0.25) is 0 Å². The van der Waals surface area contributed by atoms with Gasteiger partial charge in [0, 0.05) is 25.8 Å². The first-order chi connectivity index (χ1) is 9.13. The van der Waals surface area contributed by atoms with Crippen LogP contribution in [0.5, 0.6) is 5.88 Å². The molecule has 0 radical (unpaired) electrons. The predicted octanol–water partition coefficient (Wildman–Crippen LogP) is 1.98. The van der Waals surface area contributed by atoms with E-state index in [0.29, 0.717) is 6.54 Å². The second-order valence-corrected chi connectivity index (χ2v) is 4.55. The summed E-state index contributed by atoms with van der Waals surface area (Å²) in [5.41, 5.74) is 3.11. The summed E-state index contributed by atoms with van der Waals surface area (Å²) in [7, 11) is 3.56. The lowest BCUT2D eigenvalue weighted by Crippen LogP contribution is -2.19. The first-order valence-corrected chi connectivity index (χ1v) is 6.34. The highest BCUT2D eigenvalue weighted by Gasteiger charge is 2.15. The molecule has 0 aliphatic rings. The minimum absolute atomic E-state index is 0.186. The van der Waals surface area contributed by atoms with Gasteiger partial charge in [0.15, 0.2) is 0 Å². The Kier molecular flexibility index (Phi) is 4.16. The summed E-state index contributed by atoms with van der Waals surface area (Å²) in [4.78, 5) is 4.35. The van der Waals surface area contributed by atoms with Crippen LogP contribution in [0.1, 0.15) is 29.9 Å². The van der Waals surface area contributed by atoms with E-state index in [1.807, 2.05) is 38.4 Å². The molecule has 0 spiro atoms. The number of pyridine rings is 1. The molecule has 1 N–H and O–H groups in total. The number of ether oxygens (including phenoxy) is 1. The minimum Gasteiger partial charge on any atom is -0.481 e. The molecule has 2 heterocycles. The molecule has 5 heteroatoms. The molecule has 0 saturated heterocycles. The zero-order chi connectivity index (χ0) is 13.8. The van der Waals surface area contributed by atoms with Crippen LogP contribution < -0.4 is 10.1 Å². The lowest BCUT2D eigenvalue weighted by molar-refractivity contribution is 0.367. The summed E-state index contributed by atoms with van der Waals surface area (Å²) in [6.45, 7) is 4.80. The molecule has 0 aromatic carbocycles. The Morgan fingerprint density at radius 1 is 1.42 bits per heavy atom. The average molecular weight is 260 g/mol. The van der Waals surface area contributed by atoms with E-state index in [9.17, 15) is 0 Å². The average Bonchev–Trinajstić information content (AvgIpc) is 2.70. The fraction of sp³-hybridized carbons (Fsp3) is 0.429. The Bertz CT molecular complexity index is 536. The van der Waals surface area contributed by atoms with Crippen molar-refractivity contribution < 1.29 is 4.74 Å². The third kappa shape index (κ3) is 2.93. The van der Waals surface area contributed by atoms with Crippen molar-refractivity contribution in [2.45, 2.75) is 26.4 Å². The van der Waals surface area contributed by atoms with Gasteiger partial charge < -0.3 is 10.1 Å². The molecule has 0 aliphatic carbocycles. The van der Waals surface area contributed by atoms with Gasteiger partial charge in [-0.25, -0.2) is 4.68 Å². The van der Waals surface area contributed by atoms with Gasteiger partial charge in [0.1, 0.15) is 0 Å². The molecule has 0 unspecified atom stereocenters. The second kappa shape index (κ2) is 5.84. The van der Waals surface area contributed by atoms with E-state index in [1.54, 1.807) is 11.8 Å². The molecular formula is C14H20N4O. The minimum atomic E-state index is 0.186. The van der Waals surface area contributed by atoms with E-state index >= 15 is 0 Å². The Labute approximate surface area is 113 Å². The van der Waals surface area contributed by atoms with Crippen molar-refractivity contribution in [2.75, 3.05) is 7.11 Å². The third-order valence-corrected chi connectivity index (χ3v) is 3.20. The molecule has 0 fully saturated rings. The summed E-state index contributed by atoms with van der Waals surface area (Å²) in [6, 6.07) is 6.12. The Morgan fingerprint density at radius 2 is 2.21 bits per heavy atom. The van der Waals surface area contributed by atoms with Gasteiger partial charge in [-0.15, -0.1) is 0 Å². The lowest BCUT2D eigenvalue weighted by Gasteiger charge is -2.13. The van der Waals surface area contributed by atoms with Gasteiger partial charge in [-0.05, 0) is 26.0 Å². The quantitative estimate of drug-likeness (QED) is 0.893. The molecule has 1 atom stereocenters. The van der Waals surface area contributed by atoms with E-state index in [1.165, 1.54) is 0 Å². The molecule has 102 valence electrons. The predicted molar refractivity (Wildman–Crippen MR) is 74.0 cm³/mol. The fourth-order valence-electron chi connectivity index (χ4n) is 2.13. The number of methoxy groups -OCH3 is 1. The van der Waals surface area contributed by atoms with Gasteiger partial charge in [-0.1, -0.05) is 6.07 Å². The number of nitrogens with one attached hydrogen (secondary N) is 1. The van der Waals surface area contributed by atoms with E-state index < -0.39 is 0 Å². The van der Waals surface area contributed by atoms with Crippen LogP contribution in [-0.4, -0.2) is 21.9 Å². The molecule has 0 bridgehead atoms. The lowest BCUT2D eigenvalue weighted by atomic mass is 10.2. The van der Waals surface area contributed by atoms with Crippen molar-refractivity contribution in [3.63, 3.8) is 0 Å². The van der Waals surface area contributed by atoms with E-state index in [0.717, 1.165) is 22.8 Å². The molecule has 0 saturated carbocycles. The maximum Gasteiger partial charge on any atom is 0.216 e. The van der Waals surface area contributed by atoms with Crippen LogP contribution in [0.4, 0.5) is 0 Å². The summed E-state index contributed by atoms with van der Waals surface area (Å²) in [5, 5.41) is 7.82. The Hall–Kier alpha value is -1.88. The molecule has 2 aromatic rings. The molecule has 2 rings (SSSR count). The number of nitrogens with zero attached hydrogens (tertiary/aromatic N) is 3. The van der Waals surface area contributed by atoms with Gasteiger partial charge in [-0.2, -0.15) is 5.10 Å². The van der Waals surface area contributed by atoms with Crippen LogP contribution in [-0.2, 0) is 13.6 Å². The van der Waals surface area contributed by atoms with E-state index in [2.05, 4.69) is 22.3 Å². The van der Waals surface area contributed by atoms with Crippen molar-refractivity contribution in [3.05, 3.63) is 41.3 Å². The number of aromatic nitrogens is 3. The zero-order valence-electron chi connectivity index (χ0n) is 11.8. The van der Waals surface area contributed by atoms with Gasteiger partial charge in [0.25, 0.3) is 0 Å². The highest BCUT2D eigenvalue weighted by Crippen LogP contribution is 2.21. The van der Waals surface area contributed by atoms with Gasteiger partial charge in [0.2, 0.25) is 5.88 Å². The maximum absolute atomic E-state index is 5.38. The van der Waals surface area contributed by atoms with Crippen LogP contribution in [0.15, 0.2) is 24.4 Å². The van der Waals surface area contributed by atoms with Crippen LogP contribution in [0.3, 0.4) is 0 Å². The number of hydrogen-bond donors (Lipinski definition) is 1. The molecule has 0 aliphatic heterocycles. The SMILES string of the molecule is COc1c(CN[C@H](C)c2ccccn2)c(C)nn1C. The zero-order valence-corrected chi connectivity index (χ0v) is 11.8. The first-order valence-electron chi connectivity index (χ1n) is 6.34. The smallest absolute Gasteiger partial charge is 0.216 e.